The molecule has 0 aliphatic rings. The van der Waals surface area contributed by atoms with Gasteiger partial charge in [0.25, 0.3) is 5.91 Å². The lowest BCUT2D eigenvalue weighted by Gasteiger charge is -2.22. The molecule has 0 unspecified atom stereocenters. The smallest absolute Gasteiger partial charge is 0.271 e. The van der Waals surface area contributed by atoms with Crippen LogP contribution in [0.3, 0.4) is 0 Å². The number of rotatable bonds is 7. The summed E-state index contributed by atoms with van der Waals surface area (Å²) in [5.41, 5.74) is 5.02. The van der Waals surface area contributed by atoms with E-state index in [0.29, 0.717) is 5.56 Å². The number of benzene rings is 2. The fraction of sp³-hybridized carbons (Fsp3) is 0.263. The van der Waals surface area contributed by atoms with E-state index in [4.69, 9.17) is 0 Å². The molecule has 0 bridgehead atoms. The summed E-state index contributed by atoms with van der Waals surface area (Å²) >= 11 is 0. The third-order valence-corrected chi connectivity index (χ3v) is 3.64. The van der Waals surface area contributed by atoms with Crippen molar-refractivity contribution in [3.05, 3.63) is 59.7 Å². The Morgan fingerprint density at radius 3 is 2.38 bits per heavy atom. The second-order valence-corrected chi connectivity index (χ2v) is 5.42. The van der Waals surface area contributed by atoms with Crippen molar-refractivity contribution in [3.63, 3.8) is 0 Å². The number of anilines is 1. The van der Waals surface area contributed by atoms with Gasteiger partial charge in [0.2, 0.25) is 0 Å². The largest absolute Gasteiger partial charge is 0.508 e. The predicted octanol–water partition coefficient (Wildman–Crippen LogP) is 3.39. The van der Waals surface area contributed by atoms with Crippen LogP contribution >= 0.6 is 0 Å². The van der Waals surface area contributed by atoms with E-state index in [0.717, 1.165) is 25.1 Å². The summed E-state index contributed by atoms with van der Waals surface area (Å²) < 4.78 is 0. The summed E-state index contributed by atoms with van der Waals surface area (Å²) in [4.78, 5) is 14.2. The third kappa shape index (κ3) is 4.84. The number of carbonyl (C=O) groups is 1. The van der Waals surface area contributed by atoms with Crippen LogP contribution in [-0.4, -0.2) is 30.3 Å². The quantitative estimate of drug-likeness (QED) is 0.606. The Hall–Kier alpha value is -2.82. The van der Waals surface area contributed by atoms with E-state index in [2.05, 4.69) is 41.4 Å². The molecule has 0 aliphatic carbocycles. The van der Waals surface area contributed by atoms with Gasteiger partial charge >= 0.3 is 0 Å². The van der Waals surface area contributed by atoms with E-state index in [1.165, 1.54) is 17.8 Å². The fourth-order valence-electron chi connectivity index (χ4n) is 2.35. The number of hydrogen-bond acceptors (Lipinski definition) is 4. The molecule has 0 spiro atoms. The van der Waals surface area contributed by atoms with Crippen molar-refractivity contribution in [2.45, 2.75) is 20.3 Å². The predicted molar refractivity (Wildman–Crippen MR) is 97.8 cm³/mol. The summed E-state index contributed by atoms with van der Waals surface area (Å²) in [5, 5.41) is 13.2. The molecule has 0 aromatic heterocycles. The molecule has 2 aromatic rings. The molecule has 0 fully saturated rings. The maximum atomic E-state index is 11.9. The summed E-state index contributed by atoms with van der Waals surface area (Å²) in [6.07, 6.45) is 2.72. The molecule has 5 nitrogen and oxygen atoms in total. The molecular formula is C19H23N3O2. The third-order valence-electron chi connectivity index (χ3n) is 3.64. The molecule has 0 saturated carbocycles. The van der Waals surface area contributed by atoms with Crippen molar-refractivity contribution in [3.8, 4) is 5.75 Å². The average molecular weight is 325 g/mol. The van der Waals surface area contributed by atoms with Gasteiger partial charge < -0.3 is 10.0 Å². The number of phenolic OH excluding ortho intramolecular Hbond substituents is 1. The number of hydrazone groups is 1. The summed E-state index contributed by atoms with van der Waals surface area (Å²) in [6, 6.07) is 14.1. The van der Waals surface area contributed by atoms with Gasteiger partial charge in [-0.25, -0.2) is 5.43 Å². The van der Waals surface area contributed by atoms with Gasteiger partial charge in [0.05, 0.1) is 6.21 Å². The minimum atomic E-state index is -0.317. The van der Waals surface area contributed by atoms with E-state index in [9.17, 15) is 9.90 Å². The normalized spacial score (nSPS) is 10.8. The van der Waals surface area contributed by atoms with Crippen LogP contribution in [-0.2, 0) is 0 Å². The van der Waals surface area contributed by atoms with Crippen molar-refractivity contribution in [1.82, 2.24) is 5.43 Å². The van der Waals surface area contributed by atoms with Crippen molar-refractivity contribution in [2.24, 2.45) is 5.10 Å². The zero-order valence-corrected chi connectivity index (χ0v) is 14.1. The zero-order valence-electron chi connectivity index (χ0n) is 14.1. The highest BCUT2D eigenvalue weighted by Crippen LogP contribution is 2.15. The topological polar surface area (TPSA) is 64.9 Å². The number of amides is 1. The molecular weight excluding hydrogens is 302 g/mol. The summed E-state index contributed by atoms with van der Waals surface area (Å²) in [6.45, 7) is 6.32. The minimum absolute atomic E-state index is 0.124. The first-order valence-corrected chi connectivity index (χ1v) is 8.11. The van der Waals surface area contributed by atoms with E-state index in [1.54, 1.807) is 18.3 Å². The number of carbonyl (C=O) groups excluding carboxylic acids is 1. The first kappa shape index (κ1) is 17.5. The molecule has 1 amide bonds. The van der Waals surface area contributed by atoms with Crippen LogP contribution in [0, 0.1) is 0 Å². The van der Waals surface area contributed by atoms with Crippen molar-refractivity contribution in [2.75, 3.05) is 18.0 Å². The van der Waals surface area contributed by atoms with Gasteiger partial charge in [0.1, 0.15) is 5.75 Å². The molecule has 0 atom stereocenters. The van der Waals surface area contributed by atoms with Crippen LogP contribution in [0.5, 0.6) is 5.75 Å². The van der Waals surface area contributed by atoms with Gasteiger partial charge in [0, 0.05) is 24.3 Å². The number of nitrogens with zero attached hydrogens (tertiary/aromatic N) is 2. The van der Waals surface area contributed by atoms with Crippen molar-refractivity contribution >= 4 is 17.8 Å². The lowest BCUT2D eigenvalue weighted by Crippen LogP contribution is -2.23. The molecule has 126 valence electrons. The summed E-state index contributed by atoms with van der Waals surface area (Å²) in [5.74, 6) is -0.192. The molecule has 2 rings (SSSR count). The van der Waals surface area contributed by atoms with Crippen molar-refractivity contribution in [1.29, 1.82) is 0 Å². The highest BCUT2D eigenvalue weighted by Gasteiger charge is 2.04. The van der Waals surface area contributed by atoms with Gasteiger partial charge in [-0.3, -0.25) is 4.79 Å². The highest BCUT2D eigenvalue weighted by atomic mass is 16.3. The van der Waals surface area contributed by atoms with Gasteiger partial charge in [0.15, 0.2) is 0 Å². The van der Waals surface area contributed by atoms with Crippen LogP contribution < -0.4 is 10.3 Å². The minimum Gasteiger partial charge on any atom is -0.508 e. The van der Waals surface area contributed by atoms with E-state index >= 15 is 0 Å². The molecule has 24 heavy (non-hydrogen) atoms. The fourth-order valence-corrected chi connectivity index (χ4v) is 2.35. The number of aromatic hydroxyl groups is 1. The molecule has 0 saturated heterocycles. The van der Waals surface area contributed by atoms with Crippen LogP contribution in [0.4, 0.5) is 5.69 Å². The van der Waals surface area contributed by atoms with E-state index in [1.807, 2.05) is 12.1 Å². The monoisotopic (exact) mass is 325 g/mol. The van der Waals surface area contributed by atoms with Crippen LogP contribution in [0.15, 0.2) is 53.6 Å². The molecule has 2 aromatic carbocycles. The van der Waals surface area contributed by atoms with Gasteiger partial charge in [-0.05, 0) is 55.3 Å². The SMILES string of the molecule is CCCN(CC)c1ccc(/C=N/NC(=O)c2ccc(O)cc2)cc1. The van der Waals surface area contributed by atoms with Gasteiger partial charge in [-0.2, -0.15) is 5.10 Å². The first-order valence-electron chi connectivity index (χ1n) is 8.11. The van der Waals surface area contributed by atoms with E-state index < -0.39 is 0 Å². The van der Waals surface area contributed by atoms with Crippen LogP contribution in [0.25, 0.3) is 0 Å². The second kappa shape index (κ2) is 8.72. The van der Waals surface area contributed by atoms with Gasteiger partial charge in [-0.15, -0.1) is 0 Å². The standard InChI is InChI=1S/C19H23N3O2/c1-3-13-22(4-2)17-9-5-15(6-10-17)14-20-21-19(24)16-7-11-18(23)12-8-16/h5-12,14,23H,3-4,13H2,1-2H3,(H,21,24)/b20-14+. The van der Waals surface area contributed by atoms with Crippen LogP contribution in [0.2, 0.25) is 0 Å². The second-order valence-electron chi connectivity index (χ2n) is 5.42. The summed E-state index contributed by atoms with van der Waals surface area (Å²) in [7, 11) is 0. The van der Waals surface area contributed by atoms with Crippen LogP contribution in [0.1, 0.15) is 36.2 Å². The number of phenols is 1. The van der Waals surface area contributed by atoms with E-state index in [-0.39, 0.29) is 11.7 Å². The molecule has 0 radical (unpaired) electrons. The van der Waals surface area contributed by atoms with Crippen molar-refractivity contribution < 1.29 is 9.90 Å². The molecule has 5 heteroatoms. The lowest BCUT2D eigenvalue weighted by atomic mass is 10.2. The molecule has 2 N–H and O–H groups in total. The van der Waals surface area contributed by atoms with Gasteiger partial charge in [-0.1, -0.05) is 19.1 Å². The Bertz CT molecular complexity index is 679. The zero-order chi connectivity index (χ0) is 17.4. The number of hydrogen-bond donors (Lipinski definition) is 2. The molecule has 0 heterocycles. The maximum Gasteiger partial charge on any atom is 0.271 e. The maximum absolute atomic E-state index is 11.9. The Morgan fingerprint density at radius 2 is 1.79 bits per heavy atom. The average Bonchev–Trinajstić information content (AvgIpc) is 2.61. The molecule has 0 aliphatic heterocycles. The highest BCUT2D eigenvalue weighted by molar-refractivity contribution is 5.95. The number of nitrogens with one attached hydrogen (secondary N) is 1. The lowest BCUT2D eigenvalue weighted by molar-refractivity contribution is 0.0955. The first-order chi connectivity index (χ1) is 11.6. The Morgan fingerprint density at radius 1 is 1.12 bits per heavy atom. The Kier molecular flexibility index (Phi) is 6.37. The Labute approximate surface area is 142 Å². The Balaban J connectivity index is 1.94.